The first kappa shape index (κ1) is 31.9. The number of ether oxygens (including phenoxy) is 2. The molecule has 0 saturated carbocycles. The van der Waals surface area contributed by atoms with Crippen molar-refractivity contribution >= 4 is 7.81 Å². The van der Waals surface area contributed by atoms with Crippen molar-refractivity contribution in [1.82, 2.24) is 0 Å². The van der Waals surface area contributed by atoms with Crippen molar-refractivity contribution in [2.24, 2.45) is 0 Å². The van der Waals surface area contributed by atoms with Crippen LogP contribution in [0.2, 0.25) is 0 Å². The third kappa shape index (κ3) is 16.3. The van der Waals surface area contributed by atoms with Gasteiger partial charge in [-0.05, 0) is 0 Å². The van der Waals surface area contributed by atoms with Gasteiger partial charge in [-0.2, -0.15) is 0 Å². The molecule has 0 aliphatic carbocycles. The third-order valence-corrected chi connectivity index (χ3v) is 7.80. The molecule has 0 aromatic heterocycles. The predicted octanol–water partition coefficient (Wildman–Crippen LogP) is 4.33. The second-order valence-corrected chi connectivity index (χ2v) is 12.5. The number of unbranched alkanes of at least 4 members (excludes halogenated alkanes) is 2. The molecule has 0 unspecified atom stereocenters. The standard InChI is InChI=1S/C23H32IO4.F6P/c1-3-4-12-28-13-6-5-7-18-8-10-21(11-9-18)24-23-19(16-25)14-22(27-2)15-20(23)17-26;1-7(2,3,4,5)6/h8-11,14-15,25-26H,3-7,12-13,16-17H2,1-2H3;/q2*-1. The Morgan fingerprint density at radius 3 is 1.80 bits per heavy atom. The topological polar surface area (TPSA) is 58.9 Å². The molecular formula is C23H32F6IO4P-2. The molecular weight excluding hydrogens is 612 g/mol. The summed E-state index contributed by atoms with van der Waals surface area (Å²) in [5.74, 6) is 0.676. The Bertz CT molecular complexity index is 873. The number of halogens is 7. The second kappa shape index (κ2) is 13.4. The minimum absolute atomic E-state index is 0.0440. The van der Waals surface area contributed by atoms with E-state index in [1.165, 1.54) is 15.6 Å². The van der Waals surface area contributed by atoms with E-state index in [9.17, 15) is 35.4 Å². The van der Waals surface area contributed by atoms with E-state index in [1.54, 1.807) is 7.11 Å². The van der Waals surface area contributed by atoms with E-state index in [4.69, 9.17) is 9.47 Å². The van der Waals surface area contributed by atoms with Crippen molar-refractivity contribution in [2.45, 2.75) is 52.2 Å². The molecule has 2 aromatic rings. The summed E-state index contributed by atoms with van der Waals surface area (Å²) in [6.07, 6.45) is 5.65. The van der Waals surface area contributed by atoms with Crippen molar-refractivity contribution in [3.63, 3.8) is 0 Å². The number of aliphatic hydroxyl groups is 2. The van der Waals surface area contributed by atoms with E-state index in [0.29, 0.717) is 5.75 Å². The molecule has 204 valence electrons. The van der Waals surface area contributed by atoms with Gasteiger partial charge in [0.1, 0.15) is 0 Å². The zero-order valence-corrected chi connectivity index (χ0v) is 22.7. The fraction of sp³-hybridized carbons (Fsp3) is 0.478. The Balaban J connectivity index is 0.000000762. The number of rotatable bonds is 13. The van der Waals surface area contributed by atoms with E-state index < -0.39 is 29.0 Å². The summed E-state index contributed by atoms with van der Waals surface area (Å²) in [7, 11) is -9.06. The quantitative estimate of drug-likeness (QED) is 0.148. The minimum atomic E-state index is -10.7. The monoisotopic (exact) mass is 644 g/mol. The van der Waals surface area contributed by atoms with Crippen LogP contribution in [0.15, 0.2) is 36.4 Å². The fourth-order valence-corrected chi connectivity index (χ4v) is 5.58. The number of aliphatic hydroxyl groups excluding tert-OH is 2. The third-order valence-electron chi connectivity index (χ3n) is 4.54. The van der Waals surface area contributed by atoms with Gasteiger partial charge in [-0.3, -0.25) is 0 Å². The molecule has 0 amide bonds. The zero-order valence-electron chi connectivity index (χ0n) is 19.6. The summed E-state index contributed by atoms with van der Waals surface area (Å²) < 4.78 is 72.4. The number of aryl methyl sites for hydroxylation is 1. The number of hydrogen-bond acceptors (Lipinski definition) is 4. The Morgan fingerprint density at radius 1 is 0.829 bits per heavy atom. The van der Waals surface area contributed by atoms with Crippen molar-refractivity contribution in [2.75, 3.05) is 20.3 Å². The van der Waals surface area contributed by atoms with Gasteiger partial charge in [-0.25, -0.2) is 0 Å². The van der Waals surface area contributed by atoms with Gasteiger partial charge in [0.2, 0.25) is 0 Å². The first-order chi connectivity index (χ1) is 16.2. The van der Waals surface area contributed by atoms with Crippen LogP contribution in [0, 0.1) is 7.14 Å². The van der Waals surface area contributed by atoms with Crippen LogP contribution in [0.4, 0.5) is 25.2 Å². The molecule has 2 N–H and O–H groups in total. The SMILES string of the molecule is CCCCOCCCCc1ccc([I-]c2c(CO)cc(OC)cc2CO)cc1.F[P-](F)(F)(F)(F)F. The van der Waals surface area contributed by atoms with Crippen LogP contribution in [0.1, 0.15) is 49.3 Å². The van der Waals surface area contributed by atoms with Gasteiger partial charge in [-0.15, -0.1) is 0 Å². The summed E-state index contributed by atoms with van der Waals surface area (Å²) >= 11 is -0.480. The fourth-order valence-electron chi connectivity index (χ4n) is 2.89. The van der Waals surface area contributed by atoms with Crippen LogP contribution in [0.3, 0.4) is 0 Å². The van der Waals surface area contributed by atoms with E-state index in [1.807, 2.05) is 12.1 Å². The maximum absolute atomic E-state index is 10.7. The van der Waals surface area contributed by atoms with Gasteiger partial charge in [0.05, 0.1) is 0 Å². The number of methoxy groups -OCH3 is 1. The molecule has 0 aliphatic rings. The maximum atomic E-state index is 9.87. The number of hydrogen-bond donors (Lipinski definition) is 2. The van der Waals surface area contributed by atoms with Gasteiger partial charge in [0.25, 0.3) is 0 Å². The molecule has 0 aliphatic heterocycles. The van der Waals surface area contributed by atoms with Crippen LogP contribution in [0.25, 0.3) is 0 Å². The molecule has 0 fully saturated rings. The average molecular weight is 644 g/mol. The van der Waals surface area contributed by atoms with E-state index in [-0.39, 0.29) is 13.2 Å². The van der Waals surface area contributed by atoms with Crippen molar-refractivity contribution in [3.05, 3.63) is 60.2 Å². The normalized spacial score (nSPS) is 13.5. The second-order valence-electron chi connectivity index (χ2n) is 7.68. The van der Waals surface area contributed by atoms with Gasteiger partial charge in [-0.1, -0.05) is 6.92 Å². The zero-order chi connectivity index (χ0) is 26.6. The molecule has 0 radical (unpaired) electrons. The molecule has 2 rings (SSSR count). The summed E-state index contributed by atoms with van der Waals surface area (Å²) in [5.41, 5.74) is 3.05. The van der Waals surface area contributed by atoms with E-state index in [2.05, 4.69) is 31.2 Å². The van der Waals surface area contributed by atoms with Crippen molar-refractivity contribution in [1.29, 1.82) is 0 Å². The Labute approximate surface area is 212 Å². The first-order valence-corrected chi connectivity index (χ1v) is 15.1. The van der Waals surface area contributed by atoms with Crippen LogP contribution < -0.4 is 25.9 Å². The molecule has 12 heteroatoms. The molecule has 2 aromatic carbocycles. The molecule has 0 atom stereocenters. The van der Waals surface area contributed by atoms with E-state index >= 15 is 0 Å². The van der Waals surface area contributed by atoms with Crippen LogP contribution in [0.5, 0.6) is 5.75 Å². The summed E-state index contributed by atoms with van der Waals surface area (Å²) in [4.78, 5) is 0. The first-order valence-electron chi connectivity index (χ1n) is 11.0. The molecule has 0 heterocycles. The molecule has 0 saturated heterocycles. The molecule has 35 heavy (non-hydrogen) atoms. The molecule has 4 nitrogen and oxygen atoms in total. The van der Waals surface area contributed by atoms with Gasteiger partial charge in [0, 0.05) is 0 Å². The molecule has 0 spiro atoms. The Kier molecular flexibility index (Phi) is 12.2. The summed E-state index contributed by atoms with van der Waals surface area (Å²) in [5, 5.41) is 19.5. The Morgan fingerprint density at radius 2 is 1.34 bits per heavy atom. The predicted molar refractivity (Wildman–Crippen MR) is 121 cm³/mol. The molecule has 0 bridgehead atoms. The van der Waals surface area contributed by atoms with Crippen molar-refractivity contribution < 1.29 is 66.1 Å². The number of benzene rings is 2. The Hall–Kier alpha value is -1.14. The van der Waals surface area contributed by atoms with Crippen LogP contribution >= 0.6 is 7.81 Å². The summed E-state index contributed by atoms with van der Waals surface area (Å²) in [6, 6.07) is 12.5. The van der Waals surface area contributed by atoms with E-state index in [0.717, 1.165) is 53.6 Å². The van der Waals surface area contributed by atoms with Gasteiger partial charge in [0.15, 0.2) is 0 Å². The van der Waals surface area contributed by atoms with Crippen LogP contribution in [-0.2, 0) is 24.4 Å². The summed E-state index contributed by atoms with van der Waals surface area (Å²) in [6.45, 7) is 3.83. The van der Waals surface area contributed by atoms with Crippen molar-refractivity contribution in [3.8, 4) is 5.75 Å². The van der Waals surface area contributed by atoms with Gasteiger partial charge < -0.3 is 0 Å². The average Bonchev–Trinajstić information content (AvgIpc) is 2.77. The van der Waals surface area contributed by atoms with Gasteiger partial charge >= 0.3 is 206 Å². The van der Waals surface area contributed by atoms with Crippen LogP contribution in [-0.4, -0.2) is 30.5 Å².